The molecule has 1 unspecified atom stereocenters. The van der Waals surface area contributed by atoms with Gasteiger partial charge in [-0.05, 0) is 55.6 Å². The van der Waals surface area contributed by atoms with Crippen molar-refractivity contribution in [2.24, 2.45) is 5.92 Å². The van der Waals surface area contributed by atoms with E-state index in [2.05, 4.69) is 34.5 Å². The van der Waals surface area contributed by atoms with E-state index in [0.717, 1.165) is 57.4 Å². The SMILES string of the molecule is CN(Cc1ccccc1)CC(O)COc1ccc(CNCC2CCOCC2)cc1. The maximum atomic E-state index is 10.3. The van der Waals surface area contributed by atoms with Crippen molar-refractivity contribution in [1.82, 2.24) is 10.2 Å². The molecule has 0 bridgehead atoms. The van der Waals surface area contributed by atoms with Crippen LogP contribution in [0.3, 0.4) is 0 Å². The van der Waals surface area contributed by atoms with Crippen molar-refractivity contribution < 1.29 is 14.6 Å². The Balaban J connectivity index is 1.32. The van der Waals surface area contributed by atoms with Gasteiger partial charge in [0.15, 0.2) is 0 Å². The molecule has 0 saturated carbocycles. The number of likely N-dealkylation sites (N-methyl/N-ethyl adjacent to an activating group) is 1. The van der Waals surface area contributed by atoms with Gasteiger partial charge in [-0.1, -0.05) is 42.5 Å². The Hall–Kier alpha value is -1.92. The Labute approximate surface area is 174 Å². The Morgan fingerprint density at radius 3 is 2.52 bits per heavy atom. The summed E-state index contributed by atoms with van der Waals surface area (Å²) in [5.74, 6) is 1.52. The quantitative estimate of drug-likeness (QED) is 0.609. The molecule has 0 aromatic heterocycles. The van der Waals surface area contributed by atoms with Crippen molar-refractivity contribution in [2.75, 3.05) is 40.0 Å². The van der Waals surface area contributed by atoms with Gasteiger partial charge in [-0.3, -0.25) is 4.90 Å². The lowest BCUT2D eigenvalue weighted by molar-refractivity contribution is 0.0662. The fraction of sp³-hybridized carbons (Fsp3) is 0.500. The molecule has 1 saturated heterocycles. The van der Waals surface area contributed by atoms with Gasteiger partial charge in [0, 0.05) is 32.8 Å². The maximum absolute atomic E-state index is 10.3. The summed E-state index contributed by atoms with van der Waals surface area (Å²) in [4.78, 5) is 2.11. The summed E-state index contributed by atoms with van der Waals surface area (Å²) in [6.45, 7) is 5.38. The van der Waals surface area contributed by atoms with Crippen molar-refractivity contribution >= 4 is 0 Å². The van der Waals surface area contributed by atoms with Crippen LogP contribution in [0.2, 0.25) is 0 Å². The summed E-state index contributed by atoms with van der Waals surface area (Å²) in [5, 5.41) is 13.8. The van der Waals surface area contributed by atoms with Gasteiger partial charge in [0.25, 0.3) is 0 Å². The molecule has 2 aromatic carbocycles. The van der Waals surface area contributed by atoms with Gasteiger partial charge in [0.05, 0.1) is 0 Å². The van der Waals surface area contributed by atoms with E-state index >= 15 is 0 Å². The van der Waals surface area contributed by atoms with Crippen LogP contribution < -0.4 is 10.1 Å². The minimum absolute atomic E-state index is 0.292. The maximum Gasteiger partial charge on any atom is 0.119 e. The van der Waals surface area contributed by atoms with Crippen molar-refractivity contribution in [1.29, 1.82) is 0 Å². The Kier molecular flexibility index (Phi) is 8.96. The van der Waals surface area contributed by atoms with Crippen molar-refractivity contribution in [2.45, 2.75) is 32.0 Å². The summed E-state index contributed by atoms with van der Waals surface area (Å²) in [7, 11) is 2.01. The molecule has 0 radical (unpaired) electrons. The molecule has 5 heteroatoms. The van der Waals surface area contributed by atoms with Crippen molar-refractivity contribution in [3.05, 3.63) is 65.7 Å². The number of hydrogen-bond acceptors (Lipinski definition) is 5. The third-order valence-electron chi connectivity index (χ3n) is 5.29. The molecule has 1 aliphatic rings. The van der Waals surface area contributed by atoms with E-state index in [-0.39, 0.29) is 0 Å². The van der Waals surface area contributed by atoms with E-state index in [1.54, 1.807) is 0 Å². The van der Waals surface area contributed by atoms with Crippen LogP contribution in [0.25, 0.3) is 0 Å². The lowest BCUT2D eigenvalue weighted by Gasteiger charge is -2.22. The van der Waals surface area contributed by atoms with Gasteiger partial charge >= 0.3 is 0 Å². The number of rotatable bonds is 11. The minimum atomic E-state index is -0.524. The van der Waals surface area contributed by atoms with Crippen LogP contribution in [0.4, 0.5) is 0 Å². The van der Waals surface area contributed by atoms with Crippen LogP contribution in [-0.4, -0.2) is 56.1 Å². The molecule has 0 amide bonds. The molecule has 1 fully saturated rings. The minimum Gasteiger partial charge on any atom is -0.491 e. The zero-order chi connectivity index (χ0) is 20.3. The van der Waals surface area contributed by atoms with Gasteiger partial charge in [-0.25, -0.2) is 0 Å². The molecular weight excluding hydrogens is 364 g/mol. The molecule has 5 nitrogen and oxygen atoms in total. The Morgan fingerprint density at radius 2 is 1.79 bits per heavy atom. The van der Waals surface area contributed by atoms with Gasteiger partial charge in [0.1, 0.15) is 18.5 Å². The molecule has 1 atom stereocenters. The number of nitrogens with zero attached hydrogens (tertiary/aromatic N) is 1. The summed E-state index contributed by atoms with van der Waals surface area (Å²) in [6.07, 6.45) is 1.79. The number of aliphatic hydroxyl groups excluding tert-OH is 1. The number of aliphatic hydroxyl groups is 1. The summed E-state index contributed by atoms with van der Waals surface area (Å²) in [6, 6.07) is 18.4. The van der Waals surface area contributed by atoms with Gasteiger partial charge < -0.3 is 19.9 Å². The second-order valence-electron chi connectivity index (χ2n) is 7.98. The molecule has 0 spiro atoms. The number of hydrogen-bond donors (Lipinski definition) is 2. The first-order valence-electron chi connectivity index (χ1n) is 10.6. The highest BCUT2D eigenvalue weighted by Crippen LogP contribution is 2.15. The fourth-order valence-corrected chi connectivity index (χ4v) is 3.64. The van der Waals surface area contributed by atoms with E-state index in [1.807, 2.05) is 37.4 Å². The lowest BCUT2D eigenvalue weighted by Crippen LogP contribution is -2.32. The van der Waals surface area contributed by atoms with E-state index in [1.165, 1.54) is 11.1 Å². The zero-order valence-corrected chi connectivity index (χ0v) is 17.4. The molecule has 0 aliphatic carbocycles. The molecule has 158 valence electrons. The first kappa shape index (κ1) is 21.8. The third-order valence-corrected chi connectivity index (χ3v) is 5.29. The predicted octanol–water partition coefficient (Wildman–Crippen LogP) is 3.07. The highest BCUT2D eigenvalue weighted by Gasteiger charge is 2.13. The number of ether oxygens (including phenoxy) is 2. The molecule has 2 aromatic rings. The molecule has 3 rings (SSSR count). The smallest absolute Gasteiger partial charge is 0.119 e. The Bertz CT molecular complexity index is 687. The second-order valence-corrected chi connectivity index (χ2v) is 7.98. The normalized spacial score (nSPS) is 16.1. The van der Waals surface area contributed by atoms with Gasteiger partial charge in [0.2, 0.25) is 0 Å². The summed E-state index contributed by atoms with van der Waals surface area (Å²) < 4.78 is 11.2. The van der Waals surface area contributed by atoms with Crippen LogP contribution in [0.15, 0.2) is 54.6 Å². The molecule has 1 aliphatic heterocycles. The lowest BCUT2D eigenvalue weighted by atomic mass is 10.0. The highest BCUT2D eigenvalue weighted by atomic mass is 16.5. The second kappa shape index (κ2) is 11.9. The number of nitrogens with one attached hydrogen (secondary N) is 1. The molecule has 1 heterocycles. The van der Waals surface area contributed by atoms with Crippen LogP contribution in [0, 0.1) is 5.92 Å². The van der Waals surface area contributed by atoms with E-state index in [4.69, 9.17) is 9.47 Å². The van der Waals surface area contributed by atoms with Crippen molar-refractivity contribution in [3.63, 3.8) is 0 Å². The zero-order valence-electron chi connectivity index (χ0n) is 17.4. The standard InChI is InChI=1S/C24H34N2O3/c1-26(17-22-5-3-2-4-6-22)18-23(27)19-29-24-9-7-20(8-10-24)15-25-16-21-11-13-28-14-12-21/h2-10,21,23,25,27H,11-19H2,1H3. The third kappa shape index (κ3) is 8.15. The van der Waals surface area contributed by atoms with E-state index in [9.17, 15) is 5.11 Å². The van der Waals surface area contributed by atoms with Crippen molar-refractivity contribution in [3.8, 4) is 5.75 Å². The summed E-state index contributed by atoms with van der Waals surface area (Å²) >= 11 is 0. The summed E-state index contributed by atoms with van der Waals surface area (Å²) in [5.41, 5.74) is 2.48. The average molecular weight is 399 g/mol. The van der Waals surface area contributed by atoms with Crippen LogP contribution in [0.5, 0.6) is 5.75 Å². The predicted molar refractivity (Wildman–Crippen MR) is 116 cm³/mol. The first-order valence-corrected chi connectivity index (χ1v) is 10.6. The van der Waals surface area contributed by atoms with E-state index < -0.39 is 6.10 Å². The van der Waals surface area contributed by atoms with Crippen LogP contribution in [0.1, 0.15) is 24.0 Å². The molecule has 29 heavy (non-hydrogen) atoms. The molecule has 2 N–H and O–H groups in total. The first-order chi connectivity index (χ1) is 14.2. The average Bonchev–Trinajstić information content (AvgIpc) is 2.74. The highest BCUT2D eigenvalue weighted by molar-refractivity contribution is 5.27. The molecular formula is C24H34N2O3. The number of benzene rings is 2. The van der Waals surface area contributed by atoms with E-state index in [0.29, 0.717) is 13.2 Å². The topological polar surface area (TPSA) is 54.0 Å². The fourth-order valence-electron chi connectivity index (χ4n) is 3.64. The Morgan fingerprint density at radius 1 is 1.07 bits per heavy atom. The van der Waals surface area contributed by atoms with Crippen LogP contribution >= 0.6 is 0 Å². The monoisotopic (exact) mass is 398 g/mol. The van der Waals surface area contributed by atoms with Gasteiger partial charge in [-0.2, -0.15) is 0 Å². The van der Waals surface area contributed by atoms with Crippen LogP contribution in [-0.2, 0) is 17.8 Å². The van der Waals surface area contributed by atoms with Gasteiger partial charge in [-0.15, -0.1) is 0 Å². The largest absolute Gasteiger partial charge is 0.491 e.